The minimum absolute atomic E-state index is 0.276. The van der Waals surface area contributed by atoms with Crippen LogP contribution in [0.25, 0.3) is 0 Å². The van der Waals surface area contributed by atoms with E-state index in [1.54, 1.807) is 13.8 Å². The number of hydrogen-bond donors (Lipinski definition) is 1. The van der Waals surface area contributed by atoms with Gasteiger partial charge in [0.15, 0.2) is 9.84 Å². The molecule has 1 aliphatic rings. The first-order chi connectivity index (χ1) is 7.11. The number of carbonyl (C=O) groups is 1. The molecular formula is C10H19NO4S. The smallest absolute Gasteiger partial charge is 0.238 e. The fraction of sp³-hybridized carbons (Fsp3) is 0.900. The molecule has 1 amide bonds. The third-order valence-corrected chi connectivity index (χ3v) is 3.55. The number of aliphatic hydroxyl groups is 1. The van der Waals surface area contributed by atoms with Crippen LogP contribution in [-0.4, -0.2) is 54.5 Å². The zero-order valence-corrected chi connectivity index (χ0v) is 10.7. The van der Waals surface area contributed by atoms with Crippen LogP contribution in [0.2, 0.25) is 0 Å². The Kier molecular flexibility index (Phi) is 3.64. The molecule has 94 valence electrons. The average molecular weight is 249 g/mol. The fourth-order valence-corrected chi connectivity index (χ4v) is 2.72. The first-order valence-corrected chi connectivity index (χ1v) is 7.37. The van der Waals surface area contributed by atoms with Crippen molar-refractivity contribution in [1.29, 1.82) is 0 Å². The lowest BCUT2D eigenvalue weighted by Gasteiger charge is -2.33. The summed E-state index contributed by atoms with van der Waals surface area (Å²) in [4.78, 5) is 13.2. The monoisotopic (exact) mass is 249 g/mol. The molecule has 1 heterocycles. The van der Waals surface area contributed by atoms with E-state index in [0.717, 1.165) is 19.1 Å². The Balaban J connectivity index is 2.77. The summed E-state index contributed by atoms with van der Waals surface area (Å²) >= 11 is 0. The van der Waals surface area contributed by atoms with Gasteiger partial charge in [-0.15, -0.1) is 0 Å². The van der Waals surface area contributed by atoms with Crippen LogP contribution in [0.15, 0.2) is 0 Å². The van der Waals surface area contributed by atoms with E-state index >= 15 is 0 Å². The van der Waals surface area contributed by atoms with Crippen molar-refractivity contribution in [2.45, 2.75) is 38.3 Å². The maximum Gasteiger partial charge on any atom is 0.238 e. The van der Waals surface area contributed by atoms with Gasteiger partial charge in [-0.2, -0.15) is 0 Å². The normalized spacial score (nSPS) is 22.5. The van der Waals surface area contributed by atoms with Crippen LogP contribution >= 0.6 is 0 Å². The lowest BCUT2D eigenvalue weighted by Crippen LogP contribution is -2.49. The molecule has 0 saturated carbocycles. The largest absolute Gasteiger partial charge is 0.388 e. The molecule has 0 spiro atoms. The van der Waals surface area contributed by atoms with Gasteiger partial charge in [-0.25, -0.2) is 8.42 Å². The molecule has 0 aliphatic carbocycles. The quantitative estimate of drug-likeness (QED) is 0.751. The Morgan fingerprint density at radius 2 is 2.06 bits per heavy atom. The molecule has 0 bridgehead atoms. The number of sulfone groups is 1. The number of rotatable bonds is 3. The summed E-state index contributed by atoms with van der Waals surface area (Å²) in [7, 11) is -3.30. The zero-order chi connectivity index (χ0) is 12.6. The highest BCUT2D eigenvalue weighted by molar-refractivity contribution is 7.91. The summed E-state index contributed by atoms with van der Waals surface area (Å²) in [5.41, 5.74) is -0.982. The van der Waals surface area contributed by atoms with E-state index in [-0.39, 0.29) is 6.04 Å². The Hall–Kier alpha value is -0.620. The number of hydrogen-bond acceptors (Lipinski definition) is 4. The highest BCUT2D eigenvalue weighted by atomic mass is 32.2. The van der Waals surface area contributed by atoms with Crippen molar-refractivity contribution in [1.82, 2.24) is 4.90 Å². The highest BCUT2D eigenvalue weighted by Crippen LogP contribution is 2.26. The molecule has 5 nitrogen and oxygen atoms in total. The number of carbonyl (C=O) groups excluding carboxylic acids is 1. The molecule has 0 radical (unpaired) electrons. The van der Waals surface area contributed by atoms with Crippen molar-refractivity contribution in [2.75, 3.05) is 18.6 Å². The third-order valence-electron chi connectivity index (χ3n) is 2.77. The Labute approximate surface area is 96.4 Å². The van der Waals surface area contributed by atoms with Gasteiger partial charge in [0.2, 0.25) is 5.91 Å². The van der Waals surface area contributed by atoms with Crippen LogP contribution in [0.5, 0.6) is 0 Å². The molecule has 6 heteroatoms. The van der Waals surface area contributed by atoms with Gasteiger partial charge >= 0.3 is 0 Å². The molecule has 1 rings (SSSR count). The van der Waals surface area contributed by atoms with E-state index in [9.17, 15) is 18.3 Å². The number of nitrogens with zero attached hydrogens (tertiary/aromatic N) is 1. The van der Waals surface area contributed by atoms with Crippen molar-refractivity contribution in [3.63, 3.8) is 0 Å². The van der Waals surface area contributed by atoms with Crippen LogP contribution < -0.4 is 0 Å². The van der Waals surface area contributed by atoms with Gasteiger partial charge in [-0.3, -0.25) is 4.79 Å². The van der Waals surface area contributed by atoms with Gasteiger partial charge < -0.3 is 10.0 Å². The summed E-state index contributed by atoms with van der Waals surface area (Å²) < 4.78 is 22.1. The van der Waals surface area contributed by atoms with Crippen molar-refractivity contribution in [3.8, 4) is 0 Å². The second-order valence-corrected chi connectivity index (χ2v) is 7.11. The Morgan fingerprint density at radius 3 is 2.50 bits per heavy atom. The van der Waals surface area contributed by atoms with Gasteiger partial charge in [0, 0.05) is 12.8 Å². The summed E-state index contributed by atoms with van der Waals surface area (Å²) in [6, 6.07) is -0.276. The first-order valence-electron chi connectivity index (χ1n) is 5.31. The van der Waals surface area contributed by atoms with Crippen molar-refractivity contribution < 1.29 is 18.3 Å². The van der Waals surface area contributed by atoms with Crippen LogP contribution in [0.4, 0.5) is 0 Å². The number of likely N-dealkylation sites (tertiary alicyclic amines) is 1. The van der Waals surface area contributed by atoms with Gasteiger partial charge in [-0.1, -0.05) is 0 Å². The first kappa shape index (κ1) is 13.4. The zero-order valence-electron chi connectivity index (χ0n) is 9.93. The van der Waals surface area contributed by atoms with E-state index in [4.69, 9.17) is 0 Å². The second-order valence-electron chi connectivity index (χ2n) is 4.97. The van der Waals surface area contributed by atoms with Crippen molar-refractivity contribution in [2.24, 2.45) is 0 Å². The van der Waals surface area contributed by atoms with Gasteiger partial charge in [0.1, 0.15) is 5.75 Å². The van der Waals surface area contributed by atoms with E-state index in [1.807, 2.05) is 0 Å². The van der Waals surface area contributed by atoms with Crippen molar-refractivity contribution in [3.05, 3.63) is 0 Å². The minimum atomic E-state index is -3.30. The fourth-order valence-electron chi connectivity index (χ4n) is 2.11. The molecule has 1 N–H and O–H groups in total. The summed E-state index contributed by atoms with van der Waals surface area (Å²) in [5.74, 6) is -0.883. The summed E-state index contributed by atoms with van der Waals surface area (Å²) in [6.45, 7) is 3.82. The molecule has 1 unspecified atom stereocenters. The van der Waals surface area contributed by atoms with E-state index < -0.39 is 27.1 Å². The van der Waals surface area contributed by atoms with Crippen LogP contribution in [0, 0.1) is 0 Å². The van der Waals surface area contributed by atoms with Gasteiger partial charge in [0.25, 0.3) is 0 Å². The predicted octanol–water partition coefficient (Wildman–Crippen LogP) is -0.207. The van der Waals surface area contributed by atoms with E-state index in [1.165, 1.54) is 4.90 Å². The summed E-state index contributed by atoms with van der Waals surface area (Å²) in [5, 5.41) is 9.89. The topological polar surface area (TPSA) is 74.7 Å². The second kappa shape index (κ2) is 4.33. The lowest BCUT2D eigenvalue weighted by atomic mass is 9.97. The molecule has 1 aliphatic heterocycles. The molecule has 0 aromatic carbocycles. The molecule has 0 aromatic rings. The average Bonchev–Trinajstić information content (AvgIpc) is 2.45. The lowest BCUT2D eigenvalue weighted by molar-refractivity contribution is -0.133. The predicted molar refractivity (Wildman–Crippen MR) is 60.7 cm³/mol. The summed E-state index contributed by atoms with van der Waals surface area (Å²) in [6.07, 6.45) is 2.57. The standard InChI is InChI=1S/C10H19NO4S/c1-10(2,13)8-5-4-6-11(8)9(12)7-16(3,14)15/h8,13H,4-7H2,1-3H3. The SMILES string of the molecule is CC(C)(O)C1CCCN1C(=O)CS(C)(=O)=O. The highest BCUT2D eigenvalue weighted by Gasteiger charge is 2.38. The molecule has 0 aromatic heterocycles. The molecule has 1 atom stereocenters. The number of amides is 1. The third kappa shape index (κ3) is 3.45. The van der Waals surface area contributed by atoms with Crippen LogP contribution in [-0.2, 0) is 14.6 Å². The molecule has 16 heavy (non-hydrogen) atoms. The molecule has 1 saturated heterocycles. The Morgan fingerprint density at radius 1 is 1.50 bits per heavy atom. The van der Waals surface area contributed by atoms with Crippen molar-refractivity contribution >= 4 is 15.7 Å². The van der Waals surface area contributed by atoms with Gasteiger partial charge in [-0.05, 0) is 26.7 Å². The maximum atomic E-state index is 11.8. The van der Waals surface area contributed by atoms with Crippen LogP contribution in [0.3, 0.4) is 0 Å². The van der Waals surface area contributed by atoms with Crippen LogP contribution in [0.1, 0.15) is 26.7 Å². The molecular weight excluding hydrogens is 230 g/mol. The van der Waals surface area contributed by atoms with E-state index in [0.29, 0.717) is 6.54 Å². The maximum absolute atomic E-state index is 11.8. The van der Waals surface area contributed by atoms with E-state index in [2.05, 4.69) is 0 Å². The Bertz CT molecular complexity index is 369. The molecule has 1 fully saturated rings. The minimum Gasteiger partial charge on any atom is -0.388 e. The van der Waals surface area contributed by atoms with Gasteiger partial charge in [0.05, 0.1) is 11.6 Å².